The molecule has 2 saturated heterocycles. The standard InChI is InChI=1S/C51H61N9O7S/c1-32(2)38-8-5-6-9-39(38)41-10-7-21-59(41)36-27-51(28-36)18-22-58(23-19-51)35-11-12-40(43(25-35)67-37-24-34-15-20-52-48(34)54-30-37)49(61)56-68(65,66)44-26-42(60(63)64)45(47-46(44)55-31-57(47)4)53-29-33-13-16-50(3,62)17-14-33/h5-6,8-9,11-12,15,20,24-26,30-33,36,41,53,62H,7,10,13-14,16-19,21-23,27-29H2,1-4H3,(H,52,54)(H,56,61)/t33?,41-,50?/m0/s1. The molecule has 5 heterocycles. The summed E-state index contributed by atoms with van der Waals surface area (Å²) in [5.41, 5.74) is 3.82. The number of anilines is 2. The van der Waals surface area contributed by atoms with Crippen LogP contribution in [0.1, 0.15) is 118 Å². The molecule has 2 aliphatic heterocycles. The lowest BCUT2D eigenvalue weighted by Gasteiger charge is -2.56. The van der Waals surface area contributed by atoms with Crippen LogP contribution in [0.4, 0.5) is 17.1 Å². The molecule has 17 heteroatoms. The number of carbonyl (C=O) groups excluding carboxylic acids is 1. The minimum atomic E-state index is -4.75. The van der Waals surface area contributed by atoms with Crippen LogP contribution in [0.25, 0.3) is 22.1 Å². The van der Waals surface area contributed by atoms with Gasteiger partial charge in [0.1, 0.15) is 33.2 Å². The third-order valence-corrected chi connectivity index (χ3v) is 16.8. The molecule has 3 aromatic carbocycles. The third kappa shape index (κ3) is 8.79. The van der Waals surface area contributed by atoms with Crippen molar-refractivity contribution in [3.05, 3.63) is 106 Å². The molecule has 2 aliphatic carbocycles. The van der Waals surface area contributed by atoms with Crippen molar-refractivity contribution in [1.29, 1.82) is 0 Å². The average molecular weight is 944 g/mol. The number of nitrogens with one attached hydrogen (secondary N) is 3. The molecule has 1 spiro atoms. The van der Waals surface area contributed by atoms with Crippen molar-refractivity contribution in [3.63, 3.8) is 0 Å². The molecule has 6 aromatic rings. The number of sulfonamides is 1. The fourth-order valence-corrected chi connectivity index (χ4v) is 12.7. The molecule has 4 aliphatic rings. The van der Waals surface area contributed by atoms with Crippen molar-refractivity contribution in [3.8, 4) is 11.5 Å². The number of aromatic amines is 1. The highest BCUT2D eigenvalue weighted by atomic mass is 32.2. The number of aryl methyl sites for hydroxylation is 1. The van der Waals surface area contributed by atoms with Crippen molar-refractivity contribution >= 4 is 55.1 Å². The quantitative estimate of drug-likeness (QED) is 0.0633. The molecular weight excluding hydrogens is 883 g/mol. The van der Waals surface area contributed by atoms with E-state index in [2.05, 4.69) is 72.9 Å². The van der Waals surface area contributed by atoms with E-state index < -0.39 is 37.0 Å². The summed E-state index contributed by atoms with van der Waals surface area (Å²) >= 11 is 0. The molecule has 3 aromatic heterocycles. The molecule has 0 unspecified atom stereocenters. The van der Waals surface area contributed by atoms with E-state index in [1.165, 1.54) is 47.7 Å². The van der Waals surface area contributed by atoms with Crippen molar-refractivity contribution in [2.45, 2.75) is 113 Å². The number of pyridine rings is 1. The molecule has 4 N–H and O–H groups in total. The first-order valence-electron chi connectivity index (χ1n) is 24.1. The molecule has 1 amide bonds. The van der Waals surface area contributed by atoms with E-state index >= 15 is 0 Å². The van der Waals surface area contributed by atoms with E-state index in [1.54, 1.807) is 37.6 Å². The minimum absolute atomic E-state index is 0.0254. The Kier molecular flexibility index (Phi) is 12.0. The van der Waals surface area contributed by atoms with Gasteiger partial charge in [-0.1, -0.05) is 38.1 Å². The summed E-state index contributed by atoms with van der Waals surface area (Å²) in [6, 6.07) is 19.8. The van der Waals surface area contributed by atoms with Crippen LogP contribution < -0.4 is 19.7 Å². The second-order valence-corrected chi connectivity index (χ2v) is 22.1. The van der Waals surface area contributed by atoms with Crippen LogP contribution in [-0.2, 0) is 17.1 Å². The molecule has 4 fully saturated rings. The first-order chi connectivity index (χ1) is 32.6. The number of H-pyrrole nitrogens is 1. The smallest absolute Gasteiger partial charge is 0.296 e. The number of carbonyl (C=O) groups is 1. The van der Waals surface area contributed by atoms with Gasteiger partial charge in [-0.3, -0.25) is 19.8 Å². The minimum Gasteiger partial charge on any atom is -0.455 e. The maximum atomic E-state index is 14.3. The van der Waals surface area contributed by atoms with Crippen molar-refractivity contribution in [2.75, 3.05) is 36.4 Å². The van der Waals surface area contributed by atoms with Crippen LogP contribution in [0.2, 0.25) is 0 Å². The molecular formula is C51H61N9O7S. The number of benzene rings is 3. The van der Waals surface area contributed by atoms with Crippen molar-refractivity contribution in [1.82, 2.24) is 29.1 Å². The van der Waals surface area contributed by atoms with Gasteiger partial charge in [0.2, 0.25) is 0 Å². The first-order valence-corrected chi connectivity index (χ1v) is 25.6. The number of fused-ring (bicyclic) bond motifs is 2. The largest absolute Gasteiger partial charge is 0.455 e. The maximum absolute atomic E-state index is 14.3. The third-order valence-electron chi connectivity index (χ3n) is 15.5. The van der Waals surface area contributed by atoms with Gasteiger partial charge < -0.3 is 29.6 Å². The summed E-state index contributed by atoms with van der Waals surface area (Å²) in [5, 5.41) is 27.1. The SMILES string of the molecule is CC(C)c1ccccc1[C@@H]1CCCN1C1CC2(CCN(c3ccc(C(=O)NS(=O)(=O)c4cc([N+](=O)[O-])c(NCC5CCC(C)(O)CC5)c5c4ncn5C)c(Oc4cnc5[nH]ccc5c4)c3)CC2)C1. The van der Waals surface area contributed by atoms with Gasteiger partial charge in [-0.25, -0.2) is 23.1 Å². The van der Waals surface area contributed by atoms with E-state index in [-0.39, 0.29) is 39.4 Å². The number of hydrogen-bond donors (Lipinski definition) is 4. The van der Waals surface area contributed by atoms with Gasteiger partial charge in [0.25, 0.3) is 21.6 Å². The lowest BCUT2D eigenvalue weighted by atomic mass is 9.59. The summed E-state index contributed by atoms with van der Waals surface area (Å²) in [6.45, 7) is 9.57. The summed E-state index contributed by atoms with van der Waals surface area (Å²) < 4.78 is 38.8. The topological polar surface area (TPSA) is 201 Å². The lowest BCUT2D eigenvalue weighted by Crippen LogP contribution is -2.54. The zero-order chi connectivity index (χ0) is 47.5. The number of rotatable bonds is 13. The molecule has 0 bridgehead atoms. The second kappa shape index (κ2) is 17.8. The Morgan fingerprint density at radius 2 is 1.78 bits per heavy atom. The highest BCUT2D eigenvalue weighted by Gasteiger charge is 2.50. The van der Waals surface area contributed by atoms with E-state index in [4.69, 9.17) is 4.74 Å². The van der Waals surface area contributed by atoms with E-state index in [0.717, 1.165) is 62.5 Å². The number of nitro groups is 1. The molecule has 358 valence electrons. The Morgan fingerprint density at radius 3 is 2.53 bits per heavy atom. The van der Waals surface area contributed by atoms with Gasteiger partial charge in [0.15, 0.2) is 0 Å². The van der Waals surface area contributed by atoms with Crippen LogP contribution in [0.5, 0.6) is 11.5 Å². The van der Waals surface area contributed by atoms with Gasteiger partial charge >= 0.3 is 0 Å². The summed E-state index contributed by atoms with van der Waals surface area (Å²) in [4.78, 5) is 42.7. The number of aliphatic hydroxyl groups is 1. The number of nitrogens with zero attached hydrogens (tertiary/aromatic N) is 6. The number of aromatic nitrogens is 4. The number of ether oxygens (including phenoxy) is 1. The molecule has 68 heavy (non-hydrogen) atoms. The summed E-state index contributed by atoms with van der Waals surface area (Å²) in [7, 11) is -3.12. The highest BCUT2D eigenvalue weighted by molar-refractivity contribution is 7.90. The van der Waals surface area contributed by atoms with Gasteiger partial charge in [-0.2, -0.15) is 0 Å². The van der Waals surface area contributed by atoms with Crippen LogP contribution >= 0.6 is 0 Å². The number of imidazole rings is 1. The van der Waals surface area contributed by atoms with Crippen LogP contribution in [0, 0.1) is 21.4 Å². The van der Waals surface area contributed by atoms with Gasteiger partial charge in [0, 0.05) is 68.2 Å². The average Bonchev–Trinajstić information content (AvgIpc) is 4.08. The number of amides is 1. The fourth-order valence-electron chi connectivity index (χ4n) is 11.6. The van der Waals surface area contributed by atoms with E-state index in [9.17, 15) is 28.4 Å². The monoisotopic (exact) mass is 943 g/mol. The number of hydrogen-bond acceptors (Lipinski definition) is 12. The Labute approximate surface area is 396 Å². The lowest BCUT2D eigenvalue weighted by molar-refractivity contribution is -0.384. The molecule has 0 radical (unpaired) electrons. The summed E-state index contributed by atoms with van der Waals surface area (Å²) in [6.07, 6.45) is 14.3. The maximum Gasteiger partial charge on any atom is 0.296 e. The number of likely N-dealkylation sites (tertiary alicyclic amines) is 1. The van der Waals surface area contributed by atoms with Crippen LogP contribution in [0.15, 0.2) is 84.3 Å². The Bertz CT molecular complexity index is 2990. The van der Waals surface area contributed by atoms with E-state index in [1.807, 2.05) is 19.1 Å². The zero-order valence-electron chi connectivity index (χ0n) is 39.2. The fraction of sp³-hybridized carbons (Fsp3) is 0.471. The number of piperidine rings is 1. The van der Waals surface area contributed by atoms with Gasteiger partial charge in [0.05, 0.1) is 34.1 Å². The second-order valence-electron chi connectivity index (χ2n) is 20.4. The Morgan fingerprint density at radius 1 is 1.01 bits per heavy atom. The molecule has 10 rings (SSSR count). The Hall–Kier alpha value is -6.04. The first kappa shape index (κ1) is 45.7. The van der Waals surface area contributed by atoms with E-state index in [0.29, 0.717) is 48.8 Å². The predicted octanol–water partition coefficient (Wildman–Crippen LogP) is 9.33. The summed E-state index contributed by atoms with van der Waals surface area (Å²) in [5.74, 6) is 0.155. The predicted molar refractivity (Wildman–Crippen MR) is 262 cm³/mol. The molecule has 1 atom stereocenters. The highest BCUT2D eigenvalue weighted by Crippen LogP contribution is 2.54. The molecule has 2 saturated carbocycles. The zero-order valence-corrected chi connectivity index (χ0v) is 40.0. The normalized spacial score (nSPS) is 22.2. The van der Waals surface area contributed by atoms with Crippen molar-refractivity contribution in [2.24, 2.45) is 18.4 Å². The van der Waals surface area contributed by atoms with Gasteiger partial charge in [-0.15, -0.1) is 0 Å². The molecule has 16 nitrogen and oxygen atoms in total. The van der Waals surface area contributed by atoms with Crippen molar-refractivity contribution < 1.29 is 28.0 Å². The Balaban J connectivity index is 0.880. The van der Waals surface area contributed by atoms with Gasteiger partial charge in [-0.05, 0) is 130 Å². The van der Waals surface area contributed by atoms with Crippen LogP contribution in [-0.4, -0.2) is 86.6 Å². The van der Waals surface area contributed by atoms with Crippen LogP contribution in [0.3, 0.4) is 0 Å². The number of nitro benzene ring substituents is 1.